The van der Waals surface area contributed by atoms with Crippen molar-refractivity contribution in [3.05, 3.63) is 34.4 Å². The van der Waals surface area contributed by atoms with Gasteiger partial charge in [-0.1, -0.05) is 0 Å². The second kappa shape index (κ2) is 7.97. The highest BCUT2D eigenvalue weighted by Gasteiger charge is 2.46. The molecule has 1 saturated heterocycles. The summed E-state index contributed by atoms with van der Waals surface area (Å²) >= 11 is 0. The van der Waals surface area contributed by atoms with Crippen LogP contribution >= 0.6 is 0 Å². The summed E-state index contributed by atoms with van der Waals surface area (Å²) in [6.07, 6.45) is -8.44. The van der Waals surface area contributed by atoms with E-state index in [0.29, 0.717) is 5.57 Å². The SMILES string of the molecule is C[C@@H]1O[C@@H](C)CC2=C1C(=O)c1c(O[C@@H]3O[C@H](CO)[C@@H](O)[C@H](O)[C@H]3O)cc(O)cc1C2=O. The van der Waals surface area contributed by atoms with Gasteiger partial charge in [0.05, 0.1) is 24.4 Å². The first-order valence-electron chi connectivity index (χ1n) is 9.96. The van der Waals surface area contributed by atoms with Crippen molar-refractivity contribution >= 4 is 11.6 Å². The van der Waals surface area contributed by atoms with E-state index in [4.69, 9.17) is 14.2 Å². The second-order valence-corrected chi connectivity index (χ2v) is 8.03. The van der Waals surface area contributed by atoms with Crippen LogP contribution in [0.25, 0.3) is 0 Å². The molecular weight excluding hydrogens is 412 g/mol. The van der Waals surface area contributed by atoms with Crippen LogP contribution in [0.3, 0.4) is 0 Å². The second-order valence-electron chi connectivity index (χ2n) is 8.03. The molecule has 10 heteroatoms. The summed E-state index contributed by atoms with van der Waals surface area (Å²) in [7, 11) is 0. The summed E-state index contributed by atoms with van der Waals surface area (Å²) in [4.78, 5) is 26.4. The van der Waals surface area contributed by atoms with Crippen molar-refractivity contribution in [2.45, 2.75) is 63.2 Å². The number of phenols is 1. The number of hydrogen-bond acceptors (Lipinski definition) is 10. The van der Waals surface area contributed by atoms with E-state index in [1.165, 1.54) is 6.07 Å². The molecule has 4 rings (SSSR count). The topological polar surface area (TPSA) is 163 Å². The van der Waals surface area contributed by atoms with Crippen LogP contribution in [-0.2, 0) is 9.47 Å². The average Bonchev–Trinajstić information content (AvgIpc) is 2.71. The molecular formula is C21H24O10. The molecule has 1 aromatic rings. The van der Waals surface area contributed by atoms with E-state index >= 15 is 0 Å². The Kier molecular flexibility index (Phi) is 5.63. The molecule has 2 heterocycles. The molecule has 0 unspecified atom stereocenters. The number of fused-ring (bicyclic) bond motifs is 1. The van der Waals surface area contributed by atoms with Gasteiger partial charge in [0.2, 0.25) is 6.29 Å². The van der Waals surface area contributed by atoms with Crippen LogP contribution < -0.4 is 4.74 Å². The first kappa shape index (κ1) is 21.9. The third-order valence-corrected chi connectivity index (χ3v) is 5.83. The Morgan fingerprint density at radius 1 is 1.03 bits per heavy atom. The fraction of sp³-hybridized carbons (Fsp3) is 0.524. The highest BCUT2D eigenvalue weighted by atomic mass is 16.7. The number of ether oxygens (including phenoxy) is 3. The molecule has 0 saturated carbocycles. The largest absolute Gasteiger partial charge is 0.508 e. The monoisotopic (exact) mass is 436 g/mol. The van der Waals surface area contributed by atoms with Crippen LogP contribution in [0, 0.1) is 0 Å². The zero-order valence-electron chi connectivity index (χ0n) is 16.9. The molecule has 1 aromatic carbocycles. The number of aliphatic hydroxyl groups is 4. The van der Waals surface area contributed by atoms with Gasteiger partial charge in [0.25, 0.3) is 0 Å². The molecule has 7 atom stereocenters. The Morgan fingerprint density at radius 3 is 2.42 bits per heavy atom. The lowest BCUT2D eigenvalue weighted by Crippen LogP contribution is -2.60. The van der Waals surface area contributed by atoms with Crippen molar-refractivity contribution in [2.75, 3.05) is 6.61 Å². The van der Waals surface area contributed by atoms with Crippen molar-refractivity contribution in [3.8, 4) is 11.5 Å². The van der Waals surface area contributed by atoms with E-state index < -0.39 is 55.0 Å². The van der Waals surface area contributed by atoms with Gasteiger partial charge >= 0.3 is 0 Å². The first-order chi connectivity index (χ1) is 14.6. The minimum Gasteiger partial charge on any atom is -0.508 e. The summed E-state index contributed by atoms with van der Waals surface area (Å²) < 4.78 is 16.6. The zero-order valence-corrected chi connectivity index (χ0v) is 16.9. The normalized spacial score (nSPS) is 35.6. The lowest BCUT2D eigenvalue weighted by atomic mass is 9.78. The van der Waals surface area contributed by atoms with E-state index in [0.717, 1.165) is 6.07 Å². The number of carbonyl (C=O) groups excluding carboxylic acids is 2. The molecule has 3 aliphatic rings. The van der Waals surface area contributed by atoms with Gasteiger partial charge in [0.15, 0.2) is 11.6 Å². The fourth-order valence-electron chi connectivity index (χ4n) is 4.34. The number of carbonyl (C=O) groups is 2. The number of aromatic hydroxyl groups is 1. The molecule has 0 amide bonds. The fourth-order valence-corrected chi connectivity index (χ4v) is 4.34. The van der Waals surface area contributed by atoms with Gasteiger partial charge in [-0.05, 0) is 19.9 Å². The van der Waals surface area contributed by atoms with Crippen LogP contribution in [0.5, 0.6) is 11.5 Å². The number of aliphatic hydroxyl groups excluding tert-OH is 4. The highest BCUT2D eigenvalue weighted by Crippen LogP contribution is 2.41. The maximum atomic E-state index is 13.3. The predicted octanol–water partition coefficient (Wildman–Crippen LogP) is -0.556. The minimum atomic E-state index is -1.72. The van der Waals surface area contributed by atoms with Gasteiger partial charge in [-0.3, -0.25) is 9.59 Å². The number of Topliss-reactive ketones (excluding diaryl/α,β-unsaturated/α-hetero) is 2. The zero-order chi connectivity index (χ0) is 22.6. The van der Waals surface area contributed by atoms with Crippen molar-refractivity contribution in [1.29, 1.82) is 0 Å². The Bertz CT molecular complexity index is 952. The van der Waals surface area contributed by atoms with E-state index in [9.17, 15) is 35.1 Å². The van der Waals surface area contributed by atoms with Crippen LogP contribution in [0.15, 0.2) is 23.3 Å². The van der Waals surface area contributed by atoms with Crippen molar-refractivity contribution in [3.63, 3.8) is 0 Å². The molecule has 168 valence electrons. The molecule has 0 radical (unpaired) electrons. The highest BCUT2D eigenvalue weighted by molar-refractivity contribution is 6.28. The van der Waals surface area contributed by atoms with Crippen LogP contribution in [0.1, 0.15) is 41.0 Å². The summed E-state index contributed by atoms with van der Waals surface area (Å²) in [5, 5.41) is 49.6. The summed E-state index contributed by atoms with van der Waals surface area (Å²) in [6.45, 7) is 2.80. The standard InChI is InChI=1S/C21H24O10/c1-7-3-10-14(8(2)29-7)18(26)15-11(16(10)24)4-9(23)5-12(15)30-21-20(28)19(27)17(25)13(6-22)31-21/h4-5,7-8,13,17,19-23,25,27-28H,3,6H2,1-2H3/t7-,8-,13+,17+,19-,20+,21+/m0/s1. The summed E-state index contributed by atoms with van der Waals surface area (Å²) in [5.41, 5.74) is 0.362. The maximum absolute atomic E-state index is 13.3. The van der Waals surface area contributed by atoms with Gasteiger partial charge in [-0.2, -0.15) is 0 Å². The van der Waals surface area contributed by atoms with Gasteiger partial charge in [0.1, 0.15) is 35.9 Å². The molecule has 0 bridgehead atoms. The smallest absolute Gasteiger partial charge is 0.229 e. The van der Waals surface area contributed by atoms with Crippen LogP contribution in [-0.4, -0.2) is 86.6 Å². The summed E-state index contributed by atoms with van der Waals surface area (Å²) in [5.74, 6) is -1.53. The number of ketones is 2. The molecule has 5 N–H and O–H groups in total. The third kappa shape index (κ3) is 3.55. The molecule has 2 aliphatic heterocycles. The minimum absolute atomic E-state index is 0.0513. The molecule has 1 fully saturated rings. The van der Waals surface area contributed by atoms with Crippen molar-refractivity contribution in [1.82, 2.24) is 0 Å². The molecule has 0 spiro atoms. The number of rotatable bonds is 3. The van der Waals surface area contributed by atoms with Crippen LogP contribution in [0.2, 0.25) is 0 Å². The lowest BCUT2D eigenvalue weighted by Gasteiger charge is -2.40. The van der Waals surface area contributed by atoms with E-state index in [1.807, 2.05) is 0 Å². The Hall–Kier alpha value is -2.34. The first-order valence-corrected chi connectivity index (χ1v) is 9.96. The van der Waals surface area contributed by atoms with Crippen molar-refractivity contribution < 1.29 is 49.3 Å². The van der Waals surface area contributed by atoms with E-state index in [1.54, 1.807) is 13.8 Å². The molecule has 10 nitrogen and oxygen atoms in total. The quantitative estimate of drug-likeness (QED) is 0.415. The van der Waals surface area contributed by atoms with Gasteiger partial charge in [0, 0.05) is 29.2 Å². The van der Waals surface area contributed by atoms with Gasteiger partial charge in [-0.25, -0.2) is 0 Å². The lowest BCUT2D eigenvalue weighted by molar-refractivity contribution is -0.277. The third-order valence-electron chi connectivity index (χ3n) is 5.83. The molecule has 1 aliphatic carbocycles. The average molecular weight is 436 g/mol. The number of hydrogen-bond donors (Lipinski definition) is 5. The maximum Gasteiger partial charge on any atom is 0.229 e. The van der Waals surface area contributed by atoms with E-state index in [2.05, 4.69) is 0 Å². The van der Waals surface area contributed by atoms with Crippen molar-refractivity contribution in [2.24, 2.45) is 0 Å². The summed E-state index contributed by atoms with van der Waals surface area (Å²) in [6, 6.07) is 2.26. The Labute approximate surface area is 177 Å². The van der Waals surface area contributed by atoms with Gasteiger partial charge in [-0.15, -0.1) is 0 Å². The number of benzene rings is 1. The van der Waals surface area contributed by atoms with Gasteiger partial charge < -0.3 is 39.7 Å². The molecule has 31 heavy (non-hydrogen) atoms. The van der Waals surface area contributed by atoms with E-state index in [-0.39, 0.29) is 40.7 Å². The van der Waals surface area contributed by atoms with Crippen LogP contribution in [0.4, 0.5) is 0 Å². The predicted molar refractivity (Wildman–Crippen MR) is 103 cm³/mol. The molecule has 0 aromatic heterocycles. The Morgan fingerprint density at radius 2 is 1.74 bits per heavy atom. The number of phenolic OH excluding ortho intramolecular Hbond substituents is 1. The Balaban J connectivity index is 1.75.